The summed E-state index contributed by atoms with van der Waals surface area (Å²) in [6, 6.07) is 11.0. The second kappa shape index (κ2) is 7.48. The number of rotatable bonds is 4. The minimum Gasteiger partial charge on any atom is -0.486 e. The van der Waals surface area contributed by atoms with Crippen molar-refractivity contribution in [3.63, 3.8) is 0 Å². The minimum absolute atomic E-state index is 0.0427. The normalized spacial score (nSPS) is 17.7. The van der Waals surface area contributed by atoms with Crippen molar-refractivity contribution >= 4 is 34.8 Å². The summed E-state index contributed by atoms with van der Waals surface area (Å²) in [6.07, 6.45) is 1.33. The van der Waals surface area contributed by atoms with E-state index in [4.69, 9.17) is 21.1 Å². The third-order valence-electron chi connectivity index (χ3n) is 4.74. The van der Waals surface area contributed by atoms with Gasteiger partial charge in [0, 0.05) is 30.2 Å². The van der Waals surface area contributed by atoms with Gasteiger partial charge in [-0.1, -0.05) is 29.8 Å². The topological polar surface area (TPSA) is 76.7 Å². The standard InChI is InChI=1S/C20H19ClN2O4/c21-14-10-17-18(27-8-7-26-17)11-16(14)22-19(24)6-5-13-9-12-3-1-2-4-15(12)23-20(13)25/h1-4,10-11,13H,5-9H2,(H,22,24)(H,23,25). The molecule has 2 amide bonds. The van der Waals surface area contributed by atoms with Crippen LogP contribution < -0.4 is 20.1 Å². The van der Waals surface area contributed by atoms with Crippen LogP contribution in [0.5, 0.6) is 11.5 Å². The molecule has 1 atom stereocenters. The van der Waals surface area contributed by atoms with Crippen LogP contribution in [-0.4, -0.2) is 25.0 Å². The molecule has 27 heavy (non-hydrogen) atoms. The van der Waals surface area contributed by atoms with Crippen molar-refractivity contribution in [3.05, 3.63) is 47.0 Å². The average Bonchev–Trinajstić information content (AvgIpc) is 2.67. The Balaban J connectivity index is 1.37. The molecule has 0 spiro atoms. The van der Waals surface area contributed by atoms with Crippen LogP contribution >= 0.6 is 11.6 Å². The summed E-state index contributed by atoms with van der Waals surface area (Å²) in [5.74, 6) is 0.673. The highest BCUT2D eigenvalue weighted by molar-refractivity contribution is 6.34. The predicted octanol–water partition coefficient (Wildman–Crippen LogP) is 3.64. The summed E-state index contributed by atoms with van der Waals surface area (Å²) >= 11 is 6.22. The fraction of sp³-hybridized carbons (Fsp3) is 0.300. The highest BCUT2D eigenvalue weighted by atomic mass is 35.5. The molecule has 2 heterocycles. The molecule has 1 unspecified atom stereocenters. The fourth-order valence-corrected chi connectivity index (χ4v) is 3.53. The van der Waals surface area contributed by atoms with Crippen LogP contribution in [0.3, 0.4) is 0 Å². The number of nitrogens with one attached hydrogen (secondary N) is 2. The van der Waals surface area contributed by atoms with Crippen molar-refractivity contribution in [1.29, 1.82) is 0 Å². The number of para-hydroxylation sites is 1. The Labute approximate surface area is 161 Å². The lowest BCUT2D eigenvalue weighted by atomic mass is 9.89. The first kappa shape index (κ1) is 17.7. The van der Waals surface area contributed by atoms with E-state index < -0.39 is 0 Å². The SMILES string of the molecule is O=C(CCC1Cc2ccccc2NC1=O)Nc1cc2c(cc1Cl)OCCO2. The summed E-state index contributed by atoms with van der Waals surface area (Å²) in [6.45, 7) is 0.932. The lowest BCUT2D eigenvalue weighted by Gasteiger charge is -2.24. The summed E-state index contributed by atoms with van der Waals surface area (Å²) < 4.78 is 11.0. The van der Waals surface area contributed by atoms with Crippen molar-refractivity contribution < 1.29 is 19.1 Å². The van der Waals surface area contributed by atoms with Gasteiger partial charge >= 0.3 is 0 Å². The molecule has 2 aliphatic rings. The Morgan fingerprint density at radius 1 is 1.19 bits per heavy atom. The van der Waals surface area contributed by atoms with Gasteiger partial charge in [0.2, 0.25) is 11.8 Å². The van der Waals surface area contributed by atoms with Gasteiger partial charge < -0.3 is 20.1 Å². The van der Waals surface area contributed by atoms with E-state index >= 15 is 0 Å². The number of amides is 2. The van der Waals surface area contributed by atoms with E-state index in [1.807, 2.05) is 24.3 Å². The molecule has 2 aromatic carbocycles. The van der Waals surface area contributed by atoms with E-state index in [2.05, 4.69) is 10.6 Å². The van der Waals surface area contributed by atoms with Crippen LogP contribution in [0.15, 0.2) is 36.4 Å². The summed E-state index contributed by atoms with van der Waals surface area (Å²) in [5, 5.41) is 6.09. The maximum Gasteiger partial charge on any atom is 0.227 e. The maximum absolute atomic E-state index is 12.4. The van der Waals surface area contributed by atoms with Crippen molar-refractivity contribution in [2.24, 2.45) is 5.92 Å². The van der Waals surface area contributed by atoms with E-state index in [0.717, 1.165) is 11.3 Å². The van der Waals surface area contributed by atoms with E-state index in [1.165, 1.54) is 0 Å². The van der Waals surface area contributed by atoms with E-state index in [9.17, 15) is 9.59 Å². The zero-order valence-corrected chi connectivity index (χ0v) is 15.3. The smallest absolute Gasteiger partial charge is 0.227 e. The van der Waals surface area contributed by atoms with Crippen molar-refractivity contribution in [2.75, 3.05) is 23.8 Å². The number of hydrogen-bond donors (Lipinski definition) is 2. The molecule has 0 saturated carbocycles. The molecule has 2 aliphatic heterocycles. The Kier molecular flexibility index (Phi) is 4.90. The van der Waals surface area contributed by atoms with Gasteiger partial charge in [0.15, 0.2) is 11.5 Å². The average molecular weight is 387 g/mol. The molecule has 0 saturated heterocycles. The van der Waals surface area contributed by atoms with Crippen LogP contribution in [0, 0.1) is 5.92 Å². The van der Waals surface area contributed by atoms with Crippen molar-refractivity contribution in [2.45, 2.75) is 19.3 Å². The lowest BCUT2D eigenvalue weighted by molar-refractivity contribution is -0.121. The molecule has 140 valence electrons. The molecule has 2 N–H and O–H groups in total. The molecule has 0 fully saturated rings. The largest absolute Gasteiger partial charge is 0.486 e. The summed E-state index contributed by atoms with van der Waals surface area (Å²) in [4.78, 5) is 24.6. The molecular formula is C20H19ClN2O4. The van der Waals surface area contributed by atoms with E-state index in [0.29, 0.717) is 48.3 Å². The zero-order valence-electron chi connectivity index (χ0n) is 14.6. The molecule has 2 aromatic rings. The lowest BCUT2D eigenvalue weighted by Crippen LogP contribution is -2.30. The Bertz CT molecular complexity index is 900. The third-order valence-corrected chi connectivity index (χ3v) is 5.05. The molecule has 0 aromatic heterocycles. The Morgan fingerprint density at radius 3 is 2.74 bits per heavy atom. The second-order valence-corrected chi connectivity index (χ2v) is 7.02. The first-order chi connectivity index (χ1) is 13.1. The molecule has 4 rings (SSSR count). The minimum atomic E-state index is -0.221. The van der Waals surface area contributed by atoms with E-state index in [-0.39, 0.29) is 24.2 Å². The fourth-order valence-electron chi connectivity index (χ4n) is 3.32. The van der Waals surface area contributed by atoms with Gasteiger partial charge in [-0.25, -0.2) is 0 Å². The quantitative estimate of drug-likeness (QED) is 0.841. The number of hydrogen-bond acceptors (Lipinski definition) is 4. The predicted molar refractivity (Wildman–Crippen MR) is 103 cm³/mol. The van der Waals surface area contributed by atoms with Crippen LogP contribution in [0.1, 0.15) is 18.4 Å². The molecular weight excluding hydrogens is 368 g/mol. The zero-order chi connectivity index (χ0) is 18.8. The maximum atomic E-state index is 12.4. The number of fused-ring (bicyclic) bond motifs is 2. The second-order valence-electron chi connectivity index (χ2n) is 6.61. The number of anilines is 2. The van der Waals surface area contributed by atoms with Crippen LogP contribution in [0.2, 0.25) is 5.02 Å². The van der Waals surface area contributed by atoms with Crippen LogP contribution in [0.25, 0.3) is 0 Å². The number of benzene rings is 2. The Hall–Kier alpha value is -2.73. The number of carbonyl (C=O) groups is 2. The van der Waals surface area contributed by atoms with E-state index in [1.54, 1.807) is 12.1 Å². The Morgan fingerprint density at radius 2 is 1.93 bits per heavy atom. The summed E-state index contributed by atoms with van der Waals surface area (Å²) in [7, 11) is 0. The highest BCUT2D eigenvalue weighted by Gasteiger charge is 2.26. The first-order valence-electron chi connectivity index (χ1n) is 8.88. The van der Waals surface area contributed by atoms with Gasteiger partial charge in [0.1, 0.15) is 13.2 Å². The van der Waals surface area contributed by atoms with Gasteiger partial charge in [0.25, 0.3) is 0 Å². The number of carbonyl (C=O) groups excluding carboxylic acids is 2. The van der Waals surface area contributed by atoms with Gasteiger partial charge in [-0.3, -0.25) is 9.59 Å². The van der Waals surface area contributed by atoms with Crippen LogP contribution in [-0.2, 0) is 16.0 Å². The number of halogens is 1. The van der Waals surface area contributed by atoms with Gasteiger partial charge in [0.05, 0.1) is 10.7 Å². The van der Waals surface area contributed by atoms with Crippen molar-refractivity contribution in [3.8, 4) is 11.5 Å². The molecule has 6 nitrogen and oxygen atoms in total. The van der Waals surface area contributed by atoms with Gasteiger partial charge in [-0.05, 0) is 24.5 Å². The van der Waals surface area contributed by atoms with Crippen molar-refractivity contribution in [1.82, 2.24) is 0 Å². The molecule has 0 radical (unpaired) electrons. The first-order valence-corrected chi connectivity index (χ1v) is 9.26. The molecule has 0 aliphatic carbocycles. The van der Waals surface area contributed by atoms with Gasteiger partial charge in [-0.15, -0.1) is 0 Å². The monoisotopic (exact) mass is 386 g/mol. The number of ether oxygens (including phenoxy) is 2. The van der Waals surface area contributed by atoms with Crippen LogP contribution in [0.4, 0.5) is 11.4 Å². The highest BCUT2D eigenvalue weighted by Crippen LogP contribution is 2.38. The molecule has 0 bridgehead atoms. The van der Waals surface area contributed by atoms with Gasteiger partial charge in [-0.2, -0.15) is 0 Å². The third kappa shape index (κ3) is 3.85. The molecule has 7 heteroatoms. The summed E-state index contributed by atoms with van der Waals surface area (Å²) in [5.41, 5.74) is 2.42.